The number of hydrogen-bond donors (Lipinski definition) is 1. The summed E-state index contributed by atoms with van der Waals surface area (Å²) in [4.78, 5) is 37.6. The van der Waals surface area contributed by atoms with Crippen molar-refractivity contribution in [2.75, 3.05) is 5.32 Å². The van der Waals surface area contributed by atoms with E-state index in [1.807, 2.05) is 5.92 Å². The molecule has 0 atom stereocenters. The highest BCUT2D eigenvalue weighted by molar-refractivity contribution is 6.04. The smallest absolute Gasteiger partial charge is 0.300 e. The summed E-state index contributed by atoms with van der Waals surface area (Å²) in [6, 6.07) is 7.77. The zero-order chi connectivity index (χ0) is 25.7. The van der Waals surface area contributed by atoms with E-state index in [1.165, 1.54) is 16.7 Å². The lowest BCUT2D eigenvalue weighted by molar-refractivity contribution is -0.121. The molecule has 6 nitrogen and oxygen atoms in total. The average molecular weight is 473 g/mol. The fourth-order valence-corrected chi connectivity index (χ4v) is 4.65. The number of ether oxygens (including phenoxy) is 1. The van der Waals surface area contributed by atoms with Gasteiger partial charge in [-0.25, -0.2) is 4.39 Å². The number of amides is 1. The van der Waals surface area contributed by atoms with Gasteiger partial charge in [0.1, 0.15) is 23.1 Å². The highest BCUT2D eigenvalue weighted by atomic mass is 19.1. The van der Waals surface area contributed by atoms with E-state index >= 15 is 0 Å². The average Bonchev–Trinajstić information content (AvgIpc) is 3.03. The van der Waals surface area contributed by atoms with Gasteiger partial charge in [0.15, 0.2) is 0 Å². The summed E-state index contributed by atoms with van der Waals surface area (Å²) in [7, 11) is 1.63. The van der Waals surface area contributed by atoms with Crippen molar-refractivity contribution >= 4 is 17.4 Å². The number of pyridine rings is 1. The minimum absolute atomic E-state index is 0.0444. The molecule has 0 saturated carbocycles. The number of anilines is 1. The van der Waals surface area contributed by atoms with Crippen LogP contribution in [0.3, 0.4) is 0 Å². The summed E-state index contributed by atoms with van der Waals surface area (Å²) in [5.74, 6) is 1.89. The van der Waals surface area contributed by atoms with E-state index in [1.54, 1.807) is 59.1 Å². The summed E-state index contributed by atoms with van der Waals surface area (Å²) >= 11 is 0. The van der Waals surface area contributed by atoms with Crippen LogP contribution in [0.25, 0.3) is 11.1 Å². The molecule has 0 unspecified atom stereocenters. The number of hydrogen-bond acceptors (Lipinski definition) is 4. The number of nitrogens with zero attached hydrogens (tertiary/aromatic N) is 1. The molecule has 0 bridgehead atoms. The van der Waals surface area contributed by atoms with Crippen LogP contribution in [0.2, 0.25) is 0 Å². The number of terminal acetylenes is 1. The Kier molecular flexibility index (Phi) is 5.85. The first-order chi connectivity index (χ1) is 16.4. The molecule has 1 aromatic heterocycles. The van der Waals surface area contributed by atoms with E-state index in [9.17, 15) is 18.8 Å². The van der Waals surface area contributed by atoms with Crippen LogP contribution in [0.15, 0.2) is 41.3 Å². The summed E-state index contributed by atoms with van der Waals surface area (Å²) in [6.07, 6.45) is 6.93. The predicted octanol–water partition coefficient (Wildman–Crippen LogP) is 4.58. The Morgan fingerprint density at radius 3 is 2.43 bits per heavy atom. The van der Waals surface area contributed by atoms with Crippen molar-refractivity contribution in [1.29, 1.82) is 0 Å². The fraction of sp³-hybridized carbons (Fsp3) is 0.250. The molecule has 0 aliphatic heterocycles. The second-order valence-corrected chi connectivity index (χ2v) is 9.32. The van der Waals surface area contributed by atoms with Crippen LogP contribution in [0.5, 0.6) is 11.5 Å². The first-order valence-electron chi connectivity index (χ1n) is 11.1. The Morgan fingerprint density at radius 1 is 1.14 bits per heavy atom. The van der Waals surface area contributed by atoms with E-state index in [0.29, 0.717) is 50.6 Å². The Hall–Kier alpha value is -4.18. The molecule has 0 fully saturated rings. The van der Waals surface area contributed by atoms with Gasteiger partial charge in [-0.05, 0) is 80.6 Å². The normalized spacial score (nSPS) is 13.8. The molecule has 4 rings (SSSR count). The highest BCUT2D eigenvalue weighted by Gasteiger charge is 2.42. The summed E-state index contributed by atoms with van der Waals surface area (Å²) in [6.45, 7) is 7.09. The maximum atomic E-state index is 13.9. The van der Waals surface area contributed by atoms with Gasteiger partial charge in [-0.1, -0.05) is 0 Å². The molecule has 7 heteroatoms. The Morgan fingerprint density at radius 2 is 1.80 bits per heavy atom. The van der Waals surface area contributed by atoms with E-state index < -0.39 is 11.3 Å². The zero-order valence-corrected chi connectivity index (χ0v) is 20.2. The number of rotatable bonds is 4. The minimum atomic E-state index is -0.894. The van der Waals surface area contributed by atoms with E-state index in [-0.39, 0.29) is 23.6 Å². The van der Waals surface area contributed by atoms with E-state index in [0.717, 1.165) is 0 Å². The van der Waals surface area contributed by atoms with Crippen LogP contribution in [0.4, 0.5) is 10.1 Å². The van der Waals surface area contributed by atoms with Crippen molar-refractivity contribution in [3.05, 3.63) is 75.0 Å². The van der Waals surface area contributed by atoms with Gasteiger partial charge in [0.25, 0.3) is 11.5 Å². The van der Waals surface area contributed by atoms with Crippen LogP contribution < -0.4 is 15.6 Å². The van der Waals surface area contributed by atoms with Crippen LogP contribution in [-0.2, 0) is 28.5 Å². The third-order valence-corrected chi connectivity index (χ3v) is 6.43. The second-order valence-electron chi connectivity index (χ2n) is 9.32. The number of aromatic nitrogens is 1. The number of aryl methyl sites for hydroxylation is 3. The predicted molar refractivity (Wildman–Crippen MR) is 132 cm³/mol. The largest absolute Gasteiger partial charge is 0.456 e. The molecule has 3 aromatic rings. The van der Waals surface area contributed by atoms with Crippen molar-refractivity contribution in [3.8, 4) is 35.0 Å². The Bertz CT molecular complexity index is 1490. The van der Waals surface area contributed by atoms with E-state index in [2.05, 4.69) is 5.32 Å². The van der Waals surface area contributed by atoms with Gasteiger partial charge in [-0.15, -0.1) is 6.42 Å². The van der Waals surface area contributed by atoms with Gasteiger partial charge in [0, 0.05) is 47.5 Å². The Balaban J connectivity index is 1.99. The number of halogens is 1. The molecule has 0 spiro atoms. The van der Waals surface area contributed by atoms with Crippen LogP contribution in [0.1, 0.15) is 36.1 Å². The maximum absolute atomic E-state index is 13.9. The van der Waals surface area contributed by atoms with Crippen LogP contribution >= 0.6 is 0 Å². The summed E-state index contributed by atoms with van der Waals surface area (Å²) < 4.78 is 21.6. The Labute approximate surface area is 202 Å². The molecule has 1 heterocycles. The number of carbonyl (C=O) groups excluding carboxylic acids is 2. The maximum Gasteiger partial charge on any atom is 0.300 e. The molecule has 35 heavy (non-hydrogen) atoms. The number of ketones is 1. The first kappa shape index (κ1) is 24.0. The van der Waals surface area contributed by atoms with Gasteiger partial charge in [-0.3, -0.25) is 14.4 Å². The van der Waals surface area contributed by atoms with Gasteiger partial charge >= 0.3 is 0 Å². The fourth-order valence-electron chi connectivity index (χ4n) is 4.65. The number of benzene rings is 2. The highest BCUT2D eigenvalue weighted by Crippen LogP contribution is 2.45. The van der Waals surface area contributed by atoms with Gasteiger partial charge in [0.2, 0.25) is 0 Å². The summed E-state index contributed by atoms with van der Waals surface area (Å²) in [5, 5.41) is 2.63. The van der Waals surface area contributed by atoms with Gasteiger partial charge < -0.3 is 14.6 Å². The molecule has 1 amide bonds. The molecule has 0 saturated heterocycles. The third-order valence-electron chi connectivity index (χ3n) is 6.43. The molecule has 178 valence electrons. The van der Waals surface area contributed by atoms with Crippen molar-refractivity contribution in [1.82, 2.24) is 4.57 Å². The topological polar surface area (TPSA) is 77.4 Å². The second kappa shape index (κ2) is 8.55. The van der Waals surface area contributed by atoms with Gasteiger partial charge in [0.05, 0.1) is 0 Å². The lowest BCUT2D eigenvalue weighted by Crippen LogP contribution is -2.26. The van der Waals surface area contributed by atoms with Gasteiger partial charge in [-0.2, -0.15) is 0 Å². The number of fused-ring (bicyclic) bond motifs is 1. The molecular weight excluding hydrogens is 447 g/mol. The monoisotopic (exact) mass is 472 g/mol. The third kappa shape index (κ3) is 4.12. The first-order valence-corrected chi connectivity index (χ1v) is 11.1. The molecule has 1 aliphatic carbocycles. The number of nitrogens with one attached hydrogen (secondary N) is 1. The quantitative estimate of drug-likeness (QED) is 0.564. The molecule has 0 radical (unpaired) electrons. The molecule has 1 aliphatic rings. The SMILES string of the molecule is C#CC(=O)Nc1ccc(Oc2c(C)cc(F)cc2C)c(-c2cn(C)c(=O)c3c2C(C)(C)C(=O)C3)c1. The number of Topliss-reactive ketones (excluding diaryl/α,β-unsaturated/α-hetero) is 1. The minimum Gasteiger partial charge on any atom is -0.456 e. The molecule has 2 aromatic carbocycles. The molecular formula is C28H25FN2O4. The van der Waals surface area contributed by atoms with Crippen LogP contribution in [-0.4, -0.2) is 16.3 Å². The molecule has 1 N–H and O–H groups in total. The van der Waals surface area contributed by atoms with Crippen molar-refractivity contribution in [3.63, 3.8) is 0 Å². The number of carbonyl (C=O) groups is 2. The van der Waals surface area contributed by atoms with Crippen molar-refractivity contribution in [2.45, 2.75) is 39.5 Å². The standard InChI is InChI=1S/C28H25FN2O4/c1-7-24(33)30-18-8-9-22(35-26-15(2)10-17(29)11-16(26)3)19(12-18)21-14-31(6)27(34)20-13-23(32)28(4,5)25(20)21/h1,8-12,14H,13H2,2-6H3,(H,30,33). The zero-order valence-electron chi connectivity index (χ0n) is 20.2. The van der Waals surface area contributed by atoms with Crippen molar-refractivity contribution in [2.24, 2.45) is 7.05 Å². The lowest BCUT2D eigenvalue weighted by atomic mass is 9.81. The van der Waals surface area contributed by atoms with Crippen LogP contribution in [0, 0.1) is 32.0 Å². The van der Waals surface area contributed by atoms with Crippen molar-refractivity contribution < 1.29 is 18.7 Å². The summed E-state index contributed by atoms with van der Waals surface area (Å²) in [5.41, 5.74) is 2.77. The lowest BCUT2D eigenvalue weighted by Gasteiger charge is -2.24. The van der Waals surface area contributed by atoms with E-state index in [4.69, 9.17) is 11.2 Å².